The van der Waals surface area contributed by atoms with Gasteiger partial charge in [0.15, 0.2) is 0 Å². The van der Waals surface area contributed by atoms with Crippen molar-refractivity contribution < 1.29 is 4.79 Å². The van der Waals surface area contributed by atoms with Crippen molar-refractivity contribution in [2.75, 3.05) is 0 Å². The first-order valence-electron chi connectivity index (χ1n) is 6.78. The molecule has 2 heterocycles. The van der Waals surface area contributed by atoms with Crippen LogP contribution in [0.15, 0.2) is 49.1 Å². The summed E-state index contributed by atoms with van der Waals surface area (Å²) in [6.45, 7) is 0.499. The fourth-order valence-corrected chi connectivity index (χ4v) is 2.24. The van der Waals surface area contributed by atoms with Gasteiger partial charge in [0.1, 0.15) is 0 Å². The number of rotatable bonds is 4. The quantitative estimate of drug-likeness (QED) is 0.793. The first-order chi connectivity index (χ1) is 10.2. The highest BCUT2D eigenvalue weighted by Gasteiger charge is 2.06. The van der Waals surface area contributed by atoms with Gasteiger partial charge in [0.05, 0.1) is 23.8 Å². The third-order valence-corrected chi connectivity index (χ3v) is 3.37. The Morgan fingerprint density at radius 2 is 2.19 bits per heavy atom. The second-order valence-corrected chi connectivity index (χ2v) is 4.99. The number of pyridine rings is 1. The maximum Gasteiger partial charge on any atom is 0.224 e. The van der Waals surface area contributed by atoms with Gasteiger partial charge in [-0.3, -0.25) is 9.78 Å². The number of nitrogens with zero attached hydrogens (tertiary/aromatic N) is 3. The number of benzene rings is 1. The summed E-state index contributed by atoms with van der Waals surface area (Å²) in [5.74, 6) is -0.00543. The molecule has 3 rings (SSSR count). The molecule has 0 unspecified atom stereocenters. The first kappa shape index (κ1) is 13.3. The number of imidazole rings is 1. The van der Waals surface area contributed by atoms with Crippen LogP contribution in [0.1, 0.15) is 11.1 Å². The van der Waals surface area contributed by atoms with Crippen molar-refractivity contribution in [3.63, 3.8) is 0 Å². The third-order valence-electron chi connectivity index (χ3n) is 3.37. The van der Waals surface area contributed by atoms with Crippen LogP contribution in [0.5, 0.6) is 0 Å². The minimum Gasteiger partial charge on any atom is -0.352 e. The SMILES string of the molecule is Cn1cnc2cc(CC(=O)NCc3cccnc3)ccc21. The van der Waals surface area contributed by atoms with E-state index in [0.717, 1.165) is 22.2 Å². The van der Waals surface area contributed by atoms with Crippen molar-refractivity contribution in [2.45, 2.75) is 13.0 Å². The van der Waals surface area contributed by atoms with Crippen LogP contribution < -0.4 is 5.32 Å². The second-order valence-electron chi connectivity index (χ2n) is 4.99. The molecule has 0 aliphatic rings. The van der Waals surface area contributed by atoms with Gasteiger partial charge in [-0.25, -0.2) is 4.98 Å². The van der Waals surface area contributed by atoms with Gasteiger partial charge >= 0.3 is 0 Å². The van der Waals surface area contributed by atoms with Crippen LogP contribution in [0.25, 0.3) is 11.0 Å². The molecule has 0 aliphatic heterocycles. The number of nitrogens with one attached hydrogen (secondary N) is 1. The van der Waals surface area contributed by atoms with Gasteiger partial charge in [-0.15, -0.1) is 0 Å². The van der Waals surface area contributed by atoms with Gasteiger partial charge in [-0.2, -0.15) is 0 Å². The molecule has 106 valence electrons. The number of fused-ring (bicyclic) bond motifs is 1. The van der Waals surface area contributed by atoms with E-state index in [1.165, 1.54) is 0 Å². The summed E-state index contributed by atoms with van der Waals surface area (Å²) in [5, 5.41) is 2.90. The van der Waals surface area contributed by atoms with Gasteiger partial charge in [-0.05, 0) is 29.3 Å². The van der Waals surface area contributed by atoms with Crippen LogP contribution in [0, 0.1) is 0 Å². The molecular formula is C16H16N4O. The molecule has 0 fully saturated rings. The molecule has 3 aromatic rings. The lowest BCUT2D eigenvalue weighted by Crippen LogP contribution is -2.24. The zero-order valence-corrected chi connectivity index (χ0v) is 11.8. The van der Waals surface area contributed by atoms with Crippen molar-refractivity contribution in [3.05, 3.63) is 60.2 Å². The minimum absolute atomic E-state index is 0.00543. The molecule has 21 heavy (non-hydrogen) atoms. The van der Waals surface area contributed by atoms with E-state index in [4.69, 9.17) is 0 Å². The average molecular weight is 280 g/mol. The Hall–Kier alpha value is -2.69. The number of hydrogen-bond acceptors (Lipinski definition) is 3. The number of aromatic nitrogens is 3. The van der Waals surface area contributed by atoms with E-state index < -0.39 is 0 Å². The monoisotopic (exact) mass is 280 g/mol. The van der Waals surface area contributed by atoms with Crippen LogP contribution >= 0.6 is 0 Å². The molecule has 5 nitrogen and oxygen atoms in total. The van der Waals surface area contributed by atoms with E-state index in [-0.39, 0.29) is 5.91 Å². The zero-order valence-electron chi connectivity index (χ0n) is 11.8. The normalized spacial score (nSPS) is 10.7. The smallest absolute Gasteiger partial charge is 0.224 e. The van der Waals surface area contributed by atoms with Crippen LogP contribution in [0.2, 0.25) is 0 Å². The van der Waals surface area contributed by atoms with Crippen molar-refractivity contribution in [3.8, 4) is 0 Å². The number of carbonyl (C=O) groups is 1. The number of aryl methyl sites for hydroxylation is 1. The Morgan fingerprint density at radius 3 is 3.00 bits per heavy atom. The third kappa shape index (κ3) is 3.08. The summed E-state index contributed by atoms with van der Waals surface area (Å²) in [4.78, 5) is 20.3. The molecule has 0 aliphatic carbocycles. The highest BCUT2D eigenvalue weighted by atomic mass is 16.1. The summed E-state index contributed by atoms with van der Waals surface area (Å²) in [5.41, 5.74) is 3.93. The van der Waals surface area contributed by atoms with Gasteiger partial charge in [0.2, 0.25) is 5.91 Å². The number of hydrogen-bond donors (Lipinski definition) is 1. The van der Waals surface area contributed by atoms with Crippen LogP contribution in [-0.4, -0.2) is 20.4 Å². The van der Waals surface area contributed by atoms with Crippen LogP contribution in [0.3, 0.4) is 0 Å². The fourth-order valence-electron chi connectivity index (χ4n) is 2.24. The lowest BCUT2D eigenvalue weighted by Gasteiger charge is -2.05. The molecule has 1 aromatic carbocycles. The molecule has 0 saturated carbocycles. The molecule has 1 N–H and O–H groups in total. The highest BCUT2D eigenvalue weighted by molar-refractivity contribution is 5.81. The molecule has 5 heteroatoms. The summed E-state index contributed by atoms with van der Waals surface area (Å²) >= 11 is 0. The Kier molecular flexibility index (Phi) is 3.64. The molecule has 0 bridgehead atoms. The van der Waals surface area contributed by atoms with E-state index in [1.807, 2.05) is 41.9 Å². The highest BCUT2D eigenvalue weighted by Crippen LogP contribution is 2.14. The lowest BCUT2D eigenvalue weighted by atomic mass is 10.1. The topological polar surface area (TPSA) is 59.8 Å². The maximum atomic E-state index is 12.0. The van der Waals surface area contributed by atoms with Gasteiger partial charge < -0.3 is 9.88 Å². The van der Waals surface area contributed by atoms with E-state index in [1.54, 1.807) is 18.7 Å². The molecule has 2 aromatic heterocycles. The largest absolute Gasteiger partial charge is 0.352 e. The lowest BCUT2D eigenvalue weighted by molar-refractivity contribution is -0.120. The molecule has 0 atom stereocenters. The first-order valence-corrected chi connectivity index (χ1v) is 6.78. The van der Waals surface area contributed by atoms with E-state index >= 15 is 0 Å². The predicted octanol–water partition coefficient (Wildman–Crippen LogP) is 1.83. The Labute approximate surface area is 122 Å². The number of carbonyl (C=O) groups excluding carboxylic acids is 1. The summed E-state index contributed by atoms with van der Waals surface area (Å²) in [6.07, 6.45) is 5.59. The molecule has 1 amide bonds. The molecular weight excluding hydrogens is 264 g/mol. The Balaban J connectivity index is 1.63. The van der Waals surface area contributed by atoms with Crippen molar-refractivity contribution in [1.82, 2.24) is 19.9 Å². The van der Waals surface area contributed by atoms with Gasteiger partial charge in [0, 0.05) is 26.0 Å². The van der Waals surface area contributed by atoms with Crippen LogP contribution in [-0.2, 0) is 24.8 Å². The summed E-state index contributed by atoms with van der Waals surface area (Å²) < 4.78 is 1.96. The maximum absolute atomic E-state index is 12.0. The molecule has 0 radical (unpaired) electrons. The number of amides is 1. The van der Waals surface area contributed by atoms with Crippen molar-refractivity contribution in [2.24, 2.45) is 7.05 Å². The summed E-state index contributed by atoms with van der Waals surface area (Å²) in [7, 11) is 1.95. The average Bonchev–Trinajstić information content (AvgIpc) is 2.87. The van der Waals surface area contributed by atoms with Crippen LogP contribution in [0.4, 0.5) is 0 Å². The van der Waals surface area contributed by atoms with Gasteiger partial charge in [-0.1, -0.05) is 12.1 Å². The second kappa shape index (κ2) is 5.75. The summed E-state index contributed by atoms with van der Waals surface area (Å²) in [6, 6.07) is 9.71. The molecule has 0 spiro atoms. The van der Waals surface area contributed by atoms with Gasteiger partial charge in [0.25, 0.3) is 0 Å². The standard InChI is InChI=1S/C16H16N4O/c1-20-11-19-14-7-12(4-5-15(14)20)8-16(21)18-10-13-3-2-6-17-9-13/h2-7,9,11H,8,10H2,1H3,(H,18,21). The predicted molar refractivity (Wildman–Crippen MR) is 80.5 cm³/mol. The van der Waals surface area contributed by atoms with E-state index in [0.29, 0.717) is 13.0 Å². The van der Waals surface area contributed by atoms with Crippen molar-refractivity contribution >= 4 is 16.9 Å². The Bertz CT molecular complexity index is 764. The fraction of sp³-hybridized carbons (Fsp3) is 0.188. The van der Waals surface area contributed by atoms with E-state index in [2.05, 4.69) is 15.3 Å². The Morgan fingerprint density at radius 1 is 1.29 bits per heavy atom. The van der Waals surface area contributed by atoms with E-state index in [9.17, 15) is 4.79 Å². The van der Waals surface area contributed by atoms with Crippen molar-refractivity contribution in [1.29, 1.82) is 0 Å². The minimum atomic E-state index is -0.00543. The molecule has 0 saturated heterocycles. The zero-order chi connectivity index (χ0) is 14.7.